The Morgan fingerprint density at radius 1 is 1.16 bits per heavy atom. The van der Waals surface area contributed by atoms with Gasteiger partial charge in [-0.15, -0.1) is 0 Å². The summed E-state index contributed by atoms with van der Waals surface area (Å²) in [5.41, 5.74) is 1.18. The van der Waals surface area contributed by atoms with Gasteiger partial charge in [-0.2, -0.15) is 0 Å². The standard InChI is InChI=1S/C20H24ClNO3/c1-4-19(25-18-7-5-6-16(21)12-18)20(23)22-15(3)13-24-17-10-8-14(2)9-11-17/h5-12,15,19H,4,13H2,1-3H3,(H,22,23)/t15-,19-/m1/s1. The Morgan fingerprint density at radius 3 is 2.52 bits per heavy atom. The van der Waals surface area contributed by atoms with Crippen molar-refractivity contribution in [2.45, 2.75) is 39.3 Å². The van der Waals surface area contributed by atoms with E-state index in [1.54, 1.807) is 24.3 Å². The highest BCUT2D eigenvalue weighted by Gasteiger charge is 2.20. The Morgan fingerprint density at radius 2 is 1.88 bits per heavy atom. The molecule has 0 aromatic heterocycles. The molecule has 2 rings (SSSR count). The first-order valence-corrected chi connectivity index (χ1v) is 8.77. The fourth-order valence-corrected chi connectivity index (χ4v) is 2.44. The third kappa shape index (κ3) is 6.31. The van der Waals surface area contributed by atoms with E-state index in [2.05, 4.69) is 5.32 Å². The van der Waals surface area contributed by atoms with Crippen LogP contribution >= 0.6 is 11.6 Å². The summed E-state index contributed by atoms with van der Waals surface area (Å²) >= 11 is 5.95. The molecule has 0 aliphatic carbocycles. The molecule has 4 nitrogen and oxygen atoms in total. The fourth-order valence-electron chi connectivity index (χ4n) is 2.26. The van der Waals surface area contributed by atoms with Crippen molar-refractivity contribution in [3.8, 4) is 11.5 Å². The van der Waals surface area contributed by atoms with Crippen LogP contribution < -0.4 is 14.8 Å². The number of halogens is 1. The number of carbonyl (C=O) groups excluding carboxylic acids is 1. The van der Waals surface area contributed by atoms with Crippen LogP contribution in [-0.4, -0.2) is 24.7 Å². The molecule has 1 amide bonds. The summed E-state index contributed by atoms with van der Waals surface area (Å²) in [4.78, 5) is 12.4. The highest BCUT2D eigenvalue weighted by atomic mass is 35.5. The maximum absolute atomic E-state index is 12.4. The minimum absolute atomic E-state index is 0.134. The van der Waals surface area contributed by atoms with Crippen molar-refractivity contribution >= 4 is 17.5 Å². The number of ether oxygens (including phenoxy) is 2. The predicted octanol–water partition coefficient (Wildman–Crippen LogP) is 4.39. The topological polar surface area (TPSA) is 47.6 Å². The van der Waals surface area contributed by atoms with Crippen LogP contribution in [0.5, 0.6) is 11.5 Å². The van der Waals surface area contributed by atoms with Crippen LogP contribution in [0.25, 0.3) is 0 Å². The minimum atomic E-state index is -0.569. The second-order valence-corrected chi connectivity index (χ2v) is 6.44. The summed E-state index contributed by atoms with van der Waals surface area (Å²) in [5.74, 6) is 1.20. The van der Waals surface area contributed by atoms with Crippen molar-refractivity contribution in [3.63, 3.8) is 0 Å². The molecule has 2 atom stereocenters. The molecule has 0 fully saturated rings. The minimum Gasteiger partial charge on any atom is -0.491 e. The van der Waals surface area contributed by atoms with Crippen molar-refractivity contribution in [1.29, 1.82) is 0 Å². The van der Waals surface area contributed by atoms with Gasteiger partial charge in [-0.3, -0.25) is 4.79 Å². The molecule has 2 aromatic rings. The number of hydrogen-bond donors (Lipinski definition) is 1. The number of carbonyl (C=O) groups is 1. The average molecular weight is 362 g/mol. The Kier molecular flexibility index (Phi) is 7.14. The van der Waals surface area contributed by atoms with Crippen LogP contribution in [0.15, 0.2) is 48.5 Å². The van der Waals surface area contributed by atoms with Gasteiger partial charge >= 0.3 is 0 Å². The zero-order valence-corrected chi connectivity index (χ0v) is 15.5. The van der Waals surface area contributed by atoms with E-state index in [9.17, 15) is 4.79 Å². The van der Waals surface area contributed by atoms with Crippen LogP contribution in [0.1, 0.15) is 25.8 Å². The van der Waals surface area contributed by atoms with Crippen molar-refractivity contribution in [3.05, 3.63) is 59.1 Å². The molecule has 5 heteroatoms. The average Bonchev–Trinajstić information content (AvgIpc) is 2.59. The van der Waals surface area contributed by atoms with Crippen LogP contribution in [-0.2, 0) is 4.79 Å². The second kappa shape index (κ2) is 9.33. The quantitative estimate of drug-likeness (QED) is 0.758. The van der Waals surface area contributed by atoms with Gasteiger partial charge in [0.15, 0.2) is 6.10 Å². The Balaban J connectivity index is 1.84. The summed E-state index contributed by atoms with van der Waals surface area (Å²) in [6.07, 6.45) is -0.00976. The molecule has 0 aliphatic rings. The molecule has 0 heterocycles. The van der Waals surface area contributed by atoms with E-state index in [0.717, 1.165) is 5.75 Å². The molecule has 0 saturated carbocycles. The van der Waals surface area contributed by atoms with Crippen LogP contribution in [0.4, 0.5) is 0 Å². The van der Waals surface area contributed by atoms with Crippen molar-refractivity contribution in [1.82, 2.24) is 5.32 Å². The second-order valence-electron chi connectivity index (χ2n) is 6.01. The van der Waals surface area contributed by atoms with E-state index in [1.165, 1.54) is 5.56 Å². The van der Waals surface area contributed by atoms with Crippen molar-refractivity contribution in [2.75, 3.05) is 6.61 Å². The maximum Gasteiger partial charge on any atom is 0.261 e. The van der Waals surface area contributed by atoms with E-state index in [-0.39, 0.29) is 11.9 Å². The third-order valence-electron chi connectivity index (χ3n) is 3.65. The van der Waals surface area contributed by atoms with Gasteiger partial charge in [0, 0.05) is 5.02 Å². The fraction of sp³-hybridized carbons (Fsp3) is 0.350. The normalized spacial score (nSPS) is 13.0. The van der Waals surface area contributed by atoms with E-state index in [1.807, 2.05) is 45.0 Å². The lowest BCUT2D eigenvalue weighted by atomic mass is 10.2. The molecule has 0 spiro atoms. The number of amides is 1. The molecule has 0 aliphatic heterocycles. The lowest BCUT2D eigenvalue weighted by Crippen LogP contribution is -2.44. The number of benzene rings is 2. The van der Waals surface area contributed by atoms with Gasteiger partial charge in [-0.1, -0.05) is 42.3 Å². The predicted molar refractivity (Wildman–Crippen MR) is 100 cm³/mol. The van der Waals surface area contributed by atoms with Crippen molar-refractivity contribution in [2.24, 2.45) is 0 Å². The molecule has 134 valence electrons. The molecule has 2 aromatic carbocycles. The Labute approximate surface area is 154 Å². The molecule has 1 N–H and O–H groups in total. The molecule has 0 unspecified atom stereocenters. The summed E-state index contributed by atoms with van der Waals surface area (Å²) in [6, 6.07) is 14.7. The smallest absolute Gasteiger partial charge is 0.261 e. The molecule has 0 bridgehead atoms. The summed E-state index contributed by atoms with van der Waals surface area (Å²) in [7, 11) is 0. The van der Waals surface area contributed by atoms with Crippen LogP contribution in [0.3, 0.4) is 0 Å². The molecule has 0 radical (unpaired) electrons. The largest absolute Gasteiger partial charge is 0.491 e. The molecular weight excluding hydrogens is 338 g/mol. The van der Waals surface area contributed by atoms with E-state index in [4.69, 9.17) is 21.1 Å². The number of rotatable bonds is 8. The van der Waals surface area contributed by atoms with Gasteiger partial charge in [-0.25, -0.2) is 0 Å². The molecule has 25 heavy (non-hydrogen) atoms. The van der Waals surface area contributed by atoms with Gasteiger partial charge in [0.25, 0.3) is 5.91 Å². The first kappa shape index (κ1) is 19.1. The zero-order valence-electron chi connectivity index (χ0n) is 14.8. The molecule has 0 saturated heterocycles. The monoisotopic (exact) mass is 361 g/mol. The van der Waals surface area contributed by atoms with E-state index >= 15 is 0 Å². The SMILES string of the molecule is CC[C@@H](Oc1cccc(Cl)c1)C(=O)N[C@H](C)COc1ccc(C)cc1. The lowest BCUT2D eigenvalue weighted by Gasteiger charge is -2.21. The van der Waals surface area contributed by atoms with Gasteiger partial charge in [-0.05, 0) is 50.6 Å². The van der Waals surface area contributed by atoms with E-state index in [0.29, 0.717) is 23.8 Å². The van der Waals surface area contributed by atoms with Crippen LogP contribution in [0.2, 0.25) is 5.02 Å². The third-order valence-corrected chi connectivity index (χ3v) is 3.88. The first-order chi connectivity index (χ1) is 12.0. The summed E-state index contributed by atoms with van der Waals surface area (Å²) in [6.45, 7) is 6.22. The number of aryl methyl sites for hydroxylation is 1. The summed E-state index contributed by atoms with van der Waals surface area (Å²) in [5, 5.41) is 3.50. The van der Waals surface area contributed by atoms with Crippen LogP contribution in [0, 0.1) is 6.92 Å². The maximum atomic E-state index is 12.4. The number of hydrogen-bond acceptors (Lipinski definition) is 3. The first-order valence-electron chi connectivity index (χ1n) is 8.40. The van der Waals surface area contributed by atoms with Gasteiger partial charge in [0.2, 0.25) is 0 Å². The van der Waals surface area contributed by atoms with Gasteiger partial charge in [0.1, 0.15) is 18.1 Å². The van der Waals surface area contributed by atoms with E-state index < -0.39 is 6.10 Å². The zero-order chi connectivity index (χ0) is 18.2. The highest BCUT2D eigenvalue weighted by molar-refractivity contribution is 6.30. The highest BCUT2D eigenvalue weighted by Crippen LogP contribution is 2.19. The summed E-state index contributed by atoms with van der Waals surface area (Å²) < 4.78 is 11.4. The Bertz CT molecular complexity index is 688. The van der Waals surface area contributed by atoms with Gasteiger partial charge < -0.3 is 14.8 Å². The van der Waals surface area contributed by atoms with Gasteiger partial charge in [0.05, 0.1) is 6.04 Å². The Hall–Kier alpha value is -2.20. The number of nitrogens with one attached hydrogen (secondary N) is 1. The van der Waals surface area contributed by atoms with Crippen molar-refractivity contribution < 1.29 is 14.3 Å². The lowest BCUT2D eigenvalue weighted by molar-refractivity contribution is -0.128. The molecular formula is C20H24ClNO3.